The van der Waals surface area contributed by atoms with Crippen LogP contribution in [0.25, 0.3) is 0 Å². The minimum absolute atomic E-state index is 0.0302. The summed E-state index contributed by atoms with van der Waals surface area (Å²) in [6, 6.07) is 7.47. The molecular formula is C22H26N6O3. The van der Waals surface area contributed by atoms with Gasteiger partial charge in [0.05, 0.1) is 18.4 Å². The number of ether oxygens (including phenoxy) is 1. The highest BCUT2D eigenvalue weighted by atomic mass is 16.5. The van der Waals surface area contributed by atoms with E-state index >= 15 is 0 Å². The maximum atomic E-state index is 11.9. The van der Waals surface area contributed by atoms with Crippen molar-refractivity contribution in [3.05, 3.63) is 56.8 Å². The zero-order chi connectivity index (χ0) is 22.0. The Balaban J connectivity index is 1.36. The zero-order valence-electron chi connectivity index (χ0n) is 17.8. The molecule has 0 saturated carbocycles. The lowest BCUT2D eigenvalue weighted by Crippen LogP contribution is -2.50. The predicted octanol–water partition coefficient (Wildman–Crippen LogP) is 0.573. The van der Waals surface area contributed by atoms with E-state index in [0.29, 0.717) is 18.6 Å². The van der Waals surface area contributed by atoms with E-state index in [9.17, 15) is 14.9 Å². The van der Waals surface area contributed by atoms with Crippen molar-refractivity contribution in [1.29, 1.82) is 5.26 Å². The number of piperazine rings is 1. The molecule has 0 aromatic carbocycles. The van der Waals surface area contributed by atoms with Gasteiger partial charge in [-0.05, 0) is 30.7 Å². The van der Waals surface area contributed by atoms with Crippen LogP contribution in [-0.4, -0.2) is 66.7 Å². The van der Waals surface area contributed by atoms with E-state index in [0.717, 1.165) is 49.7 Å². The van der Waals surface area contributed by atoms with Crippen LogP contribution in [0, 0.1) is 18.3 Å². The second kappa shape index (κ2) is 8.88. The van der Waals surface area contributed by atoms with Crippen LogP contribution in [0.15, 0.2) is 23.0 Å². The van der Waals surface area contributed by atoms with Crippen molar-refractivity contribution in [3.8, 4) is 6.07 Å². The normalized spacial score (nSPS) is 18.9. The molecule has 1 atom stereocenters. The molecule has 2 aliphatic heterocycles. The third kappa shape index (κ3) is 4.45. The molecule has 1 fully saturated rings. The van der Waals surface area contributed by atoms with E-state index in [4.69, 9.17) is 4.74 Å². The fraction of sp³-hybridized carbons (Fsp3) is 0.455. The third-order valence-corrected chi connectivity index (χ3v) is 5.92. The van der Waals surface area contributed by atoms with Gasteiger partial charge in [-0.15, -0.1) is 0 Å². The maximum Gasteiger partial charge on any atom is 0.269 e. The van der Waals surface area contributed by atoms with E-state index in [1.54, 1.807) is 12.1 Å². The fourth-order valence-corrected chi connectivity index (χ4v) is 4.16. The standard InChI is InChI=1S/C22H26N6O3/c1-14-9-15-13-31-16(10-18(15)26-21(14)29)12-27-5-7-28(8-6-27)20-4-3-17(22(30)24-2)25-19(20)11-23/h3-4,9,16H,5-8,10,12-13H2,1-2H3,(H,24,30)(H,26,29). The van der Waals surface area contributed by atoms with Crippen LogP contribution in [-0.2, 0) is 17.8 Å². The van der Waals surface area contributed by atoms with Gasteiger partial charge in [0, 0.05) is 57.4 Å². The van der Waals surface area contributed by atoms with Gasteiger partial charge in [0.15, 0.2) is 5.69 Å². The Labute approximate surface area is 180 Å². The van der Waals surface area contributed by atoms with Crippen molar-refractivity contribution in [3.63, 3.8) is 0 Å². The van der Waals surface area contributed by atoms with Crippen molar-refractivity contribution >= 4 is 11.6 Å². The molecular weight excluding hydrogens is 396 g/mol. The molecule has 0 spiro atoms. The topological polar surface area (TPSA) is 114 Å². The lowest BCUT2D eigenvalue weighted by molar-refractivity contribution is 0.00274. The third-order valence-electron chi connectivity index (χ3n) is 5.92. The predicted molar refractivity (Wildman–Crippen MR) is 115 cm³/mol. The monoisotopic (exact) mass is 422 g/mol. The summed E-state index contributed by atoms with van der Waals surface area (Å²) in [6.07, 6.45) is 0.745. The van der Waals surface area contributed by atoms with Gasteiger partial charge in [0.1, 0.15) is 11.8 Å². The van der Waals surface area contributed by atoms with Gasteiger partial charge in [-0.1, -0.05) is 0 Å². The van der Waals surface area contributed by atoms with E-state index in [2.05, 4.69) is 31.2 Å². The van der Waals surface area contributed by atoms with Gasteiger partial charge in [0.25, 0.3) is 11.5 Å². The van der Waals surface area contributed by atoms with Crippen LogP contribution in [0.1, 0.15) is 33.0 Å². The Morgan fingerprint density at radius 3 is 2.84 bits per heavy atom. The molecule has 1 amide bonds. The minimum atomic E-state index is -0.307. The van der Waals surface area contributed by atoms with Crippen LogP contribution in [0.2, 0.25) is 0 Å². The van der Waals surface area contributed by atoms with Gasteiger partial charge >= 0.3 is 0 Å². The fourth-order valence-electron chi connectivity index (χ4n) is 4.16. The summed E-state index contributed by atoms with van der Waals surface area (Å²) < 4.78 is 6.03. The molecule has 2 aromatic rings. The number of rotatable bonds is 4. The van der Waals surface area contributed by atoms with E-state index in [-0.39, 0.29) is 29.0 Å². The summed E-state index contributed by atoms with van der Waals surface area (Å²) in [4.78, 5) is 35.4. The van der Waals surface area contributed by atoms with Gasteiger partial charge in [-0.2, -0.15) is 5.26 Å². The Morgan fingerprint density at radius 1 is 1.35 bits per heavy atom. The number of pyridine rings is 2. The number of carbonyl (C=O) groups is 1. The molecule has 9 heteroatoms. The molecule has 2 aliphatic rings. The maximum absolute atomic E-state index is 11.9. The summed E-state index contributed by atoms with van der Waals surface area (Å²) in [7, 11) is 1.54. The van der Waals surface area contributed by atoms with Crippen LogP contribution in [0.3, 0.4) is 0 Å². The largest absolute Gasteiger partial charge is 0.372 e. The molecule has 1 unspecified atom stereocenters. The quantitative estimate of drug-likeness (QED) is 0.740. The van der Waals surface area contributed by atoms with Crippen LogP contribution in [0.5, 0.6) is 0 Å². The van der Waals surface area contributed by atoms with Gasteiger partial charge in [0.2, 0.25) is 0 Å². The minimum Gasteiger partial charge on any atom is -0.372 e. The number of aryl methyl sites for hydroxylation is 1. The number of H-pyrrole nitrogens is 1. The van der Waals surface area contributed by atoms with Crippen LogP contribution < -0.4 is 15.8 Å². The molecule has 0 radical (unpaired) electrons. The van der Waals surface area contributed by atoms with Crippen molar-refractivity contribution < 1.29 is 9.53 Å². The van der Waals surface area contributed by atoms with Gasteiger partial charge < -0.3 is 19.9 Å². The second-order valence-corrected chi connectivity index (χ2v) is 7.97. The first-order valence-electron chi connectivity index (χ1n) is 10.4. The van der Waals surface area contributed by atoms with E-state index in [1.807, 2.05) is 13.0 Å². The van der Waals surface area contributed by atoms with Crippen molar-refractivity contribution in [2.75, 3.05) is 44.7 Å². The zero-order valence-corrected chi connectivity index (χ0v) is 17.8. The number of nitriles is 1. The lowest BCUT2D eigenvalue weighted by atomic mass is 10.0. The number of nitrogens with zero attached hydrogens (tertiary/aromatic N) is 4. The molecule has 4 heterocycles. The second-order valence-electron chi connectivity index (χ2n) is 7.97. The van der Waals surface area contributed by atoms with Crippen molar-refractivity contribution in [1.82, 2.24) is 20.2 Å². The molecule has 2 aromatic heterocycles. The average molecular weight is 422 g/mol. The highest BCUT2D eigenvalue weighted by Crippen LogP contribution is 2.23. The van der Waals surface area contributed by atoms with Crippen LogP contribution in [0.4, 0.5) is 5.69 Å². The van der Waals surface area contributed by atoms with Gasteiger partial charge in [-0.25, -0.2) is 4.98 Å². The Hall–Kier alpha value is -3.22. The van der Waals surface area contributed by atoms with E-state index in [1.165, 1.54) is 7.05 Å². The Bertz CT molecular complexity index is 1080. The highest BCUT2D eigenvalue weighted by molar-refractivity contribution is 5.92. The summed E-state index contributed by atoms with van der Waals surface area (Å²) in [6.45, 7) is 6.31. The lowest BCUT2D eigenvalue weighted by Gasteiger charge is -2.38. The molecule has 0 bridgehead atoms. The summed E-state index contributed by atoms with van der Waals surface area (Å²) in [5.41, 5.74) is 3.99. The molecule has 0 aliphatic carbocycles. The smallest absolute Gasteiger partial charge is 0.269 e. The number of hydrogen-bond donors (Lipinski definition) is 2. The Kier molecular flexibility index (Phi) is 6.02. The number of nitrogens with one attached hydrogen (secondary N) is 2. The molecule has 9 nitrogen and oxygen atoms in total. The summed E-state index contributed by atoms with van der Waals surface area (Å²) >= 11 is 0. The first kappa shape index (κ1) is 21.0. The first-order valence-corrected chi connectivity index (χ1v) is 10.4. The number of amides is 1. The average Bonchev–Trinajstić information content (AvgIpc) is 2.79. The van der Waals surface area contributed by atoms with Crippen molar-refractivity contribution in [2.45, 2.75) is 26.1 Å². The molecule has 4 rings (SSSR count). The van der Waals surface area contributed by atoms with Crippen molar-refractivity contribution in [2.24, 2.45) is 0 Å². The van der Waals surface area contributed by atoms with Gasteiger partial charge in [-0.3, -0.25) is 14.5 Å². The number of aromatic nitrogens is 2. The summed E-state index contributed by atoms with van der Waals surface area (Å²) in [5, 5.41) is 12.0. The number of fused-ring (bicyclic) bond motifs is 1. The molecule has 31 heavy (non-hydrogen) atoms. The molecule has 1 saturated heterocycles. The number of carbonyl (C=O) groups excluding carboxylic acids is 1. The number of hydrogen-bond acceptors (Lipinski definition) is 7. The van der Waals surface area contributed by atoms with Crippen LogP contribution >= 0.6 is 0 Å². The first-order chi connectivity index (χ1) is 15.0. The number of anilines is 1. The molecule has 2 N–H and O–H groups in total. The van der Waals surface area contributed by atoms with E-state index < -0.39 is 0 Å². The Morgan fingerprint density at radius 2 is 2.13 bits per heavy atom. The molecule has 162 valence electrons. The number of aromatic amines is 1. The highest BCUT2D eigenvalue weighted by Gasteiger charge is 2.26. The summed E-state index contributed by atoms with van der Waals surface area (Å²) in [5.74, 6) is -0.307. The SMILES string of the molecule is CNC(=O)c1ccc(N2CCN(CC3Cc4[nH]c(=O)c(C)cc4CO3)CC2)c(C#N)n1.